The fraction of sp³-hybridized carbons (Fsp3) is 0.238. The molecule has 146 valence electrons. The quantitative estimate of drug-likeness (QED) is 0.655. The van der Waals surface area contributed by atoms with Crippen LogP contribution in [-0.2, 0) is 11.8 Å². The van der Waals surface area contributed by atoms with Crippen molar-refractivity contribution >= 4 is 22.8 Å². The molecule has 0 bridgehead atoms. The predicted molar refractivity (Wildman–Crippen MR) is 105 cm³/mol. The first-order valence-electron chi connectivity index (χ1n) is 8.74. The average Bonchev–Trinajstić information content (AvgIpc) is 3.05. The van der Waals surface area contributed by atoms with Gasteiger partial charge in [0.1, 0.15) is 17.2 Å². The number of nitrogens with zero attached hydrogens (tertiary/aromatic N) is 1. The summed E-state index contributed by atoms with van der Waals surface area (Å²) in [6, 6.07) is 13.7. The molecule has 0 saturated carbocycles. The minimum absolute atomic E-state index is 0.216. The van der Waals surface area contributed by atoms with Crippen molar-refractivity contribution in [3.8, 4) is 11.5 Å². The second-order valence-electron chi connectivity index (χ2n) is 6.36. The van der Waals surface area contributed by atoms with Crippen LogP contribution in [0.3, 0.4) is 0 Å². The Morgan fingerprint density at radius 2 is 1.71 bits per heavy atom. The van der Waals surface area contributed by atoms with Gasteiger partial charge in [-0.2, -0.15) is 0 Å². The van der Waals surface area contributed by atoms with E-state index in [0.717, 1.165) is 16.5 Å². The van der Waals surface area contributed by atoms with Gasteiger partial charge in [-0.15, -0.1) is 0 Å². The summed E-state index contributed by atoms with van der Waals surface area (Å²) < 4.78 is 12.5. The lowest BCUT2D eigenvalue weighted by Gasteiger charge is -2.17. The van der Waals surface area contributed by atoms with Crippen LogP contribution in [0.2, 0.25) is 0 Å². The van der Waals surface area contributed by atoms with E-state index in [0.29, 0.717) is 17.2 Å². The Kier molecular flexibility index (Phi) is 5.54. The highest BCUT2D eigenvalue weighted by Gasteiger charge is 2.23. The SMILES string of the molecule is COc1ccc(OC)c2c1cc(C(=O)NC(CC(=O)O)c1ccccc1)n2C. The highest BCUT2D eigenvalue weighted by molar-refractivity contribution is 6.02. The number of hydrogen-bond donors (Lipinski definition) is 2. The molecule has 7 nitrogen and oxygen atoms in total. The van der Waals surface area contributed by atoms with Gasteiger partial charge in [0.2, 0.25) is 0 Å². The van der Waals surface area contributed by atoms with E-state index >= 15 is 0 Å². The van der Waals surface area contributed by atoms with E-state index in [9.17, 15) is 14.7 Å². The monoisotopic (exact) mass is 382 g/mol. The van der Waals surface area contributed by atoms with Gasteiger partial charge >= 0.3 is 5.97 Å². The molecule has 0 saturated heterocycles. The number of carboxylic acid groups (broad SMARTS) is 1. The average molecular weight is 382 g/mol. The number of aromatic nitrogens is 1. The zero-order valence-corrected chi connectivity index (χ0v) is 15.9. The number of ether oxygens (including phenoxy) is 2. The van der Waals surface area contributed by atoms with E-state index in [1.54, 1.807) is 56.2 Å². The fourth-order valence-electron chi connectivity index (χ4n) is 3.31. The lowest BCUT2D eigenvalue weighted by atomic mass is 10.0. The molecule has 1 heterocycles. The Morgan fingerprint density at radius 1 is 1.07 bits per heavy atom. The minimum Gasteiger partial charge on any atom is -0.496 e. The molecule has 0 aliphatic heterocycles. The van der Waals surface area contributed by atoms with E-state index in [1.807, 2.05) is 18.2 Å². The number of carbonyl (C=O) groups is 2. The molecule has 3 aromatic rings. The number of benzene rings is 2. The molecule has 2 N–H and O–H groups in total. The fourth-order valence-corrected chi connectivity index (χ4v) is 3.31. The Morgan fingerprint density at radius 3 is 2.32 bits per heavy atom. The normalized spacial score (nSPS) is 11.8. The molecule has 0 fully saturated rings. The standard InChI is InChI=1S/C21H22N2O5/c1-23-16(11-14-17(27-2)9-10-18(28-3)20(14)23)21(26)22-15(12-19(24)25)13-7-5-4-6-8-13/h4-11,15H,12H2,1-3H3,(H,22,26)(H,24,25). The number of hydrogen-bond acceptors (Lipinski definition) is 4. The van der Waals surface area contributed by atoms with Crippen molar-refractivity contribution < 1.29 is 24.2 Å². The third-order valence-electron chi connectivity index (χ3n) is 4.68. The van der Waals surface area contributed by atoms with Crippen molar-refractivity contribution in [2.45, 2.75) is 12.5 Å². The number of aryl methyl sites for hydroxylation is 1. The van der Waals surface area contributed by atoms with Crippen LogP contribution in [0.25, 0.3) is 10.9 Å². The van der Waals surface area contributed by atoms with Crippen LogP contribution in [0.5, 0.6) is 11.5 Å². The number of carboxylic acids is 1. The van der Waals surface area contributed by atoms with Gasteiger partial charge in [0.25, 0.3) is 5.91 Å². The van der Waals surface area contributed by atoms with Gasteiger partial charge in [-0.05, 0) is 23.8 Å². The van der Waals surface area contributed by atoms with Gasteiger partial charge in [-0.25, -0.2) is 0 Å². The van der Waals surface area contributed by atoms with Crippen LogP contribution in [0.15, 0.2) is 48.5 Å². The highest BCUT2D eigenvalue weighted by Crippen LogP contribution is 2.35. The van der Waals surface area contributed by atoms with E-state index < -0.39 is 12.0 Å². The van der Waals surface area contributed by atoms with Crippen molar-refractivity contribution in [1.29, 1.82) is 0 Å². The summed E-state index contributed by atoms with van der Waals surface area (Å²) in [5, 5.41) is 12.8. The maximum absolute atomic E-state index is 13.0. The first-order chi connectivity index (χ1) is 13.5. The number of methoxy groups -OCH3 is 2. The summed E-state index contributed by atoms with van der Waals surface area (Å²) in [6.45, 7) is 0. The van der Waals surface area contributed by atoms with Gasteiger partial charge < -0.3 is 24.5 Å². The topological polar surface area (TPSA) is 89.8 Å². The zero-order valence-electron chi connectivity index (χ0n) is 15.9. The first-order valence-corrected chi connectivity index (χ1v) is 8.74. The summed E-state index contributed by atoms with van der Waals surface area (Å²) in [5.74, 6) is -0.134. The number of nitrogens with one attached hydrogen (secondary N) is 1. The smallest absolute Gasteiger partial charge is 0.305 e. The summed E-state index contributed by atoms with van der Waals surface area (Å²) >= 11 is 0. The lowest BCUT2D eigenvalue weighted by molar-refractivity contribution is -0.137. The van der Waals surface area contributed by atoms with Crippen molar-refractivity contribution in [2.75, 3.05) is 14.2 Å². The third kappa shape index (κ3) is 3.64. The van der Waals surface area contributed by atoms with Gasteiger partial charge in [0, 0.05) is 12.4 Å². The molecule has 0 aliphatic rings. The van der Waals surface area contributed by atoms with Crippen LogP contribution in [-0.4, -0.2) is 35.8 Å². The van der Waals surface area contributed by atoms with Crippen LogP contribution >= 0.6 is 0 Å². The van der Waals surface area contributed by atoms with E-state index in [1.165, 1.54) is 0 Å². The number of rotatable bonds is 7. The maximum atomic E-state index is 13.0. The molecule has 1 unspecified atom stereocenters. The Bertz CT molecular complexity index is 1010. The van der Waals surface area contributed by atoms with Crippen LogP contribution in [0, 0.1) is 0 Å². The zero-order chi connectivity index (χ0) is 20.3. The van der Waals surface area contributed by atoms with Gasteiger partial charge in [0.05, 0.1) is 32.2 Å². The van der Waals surface area contributed by atoms with Crippen LogP contribution < -0.4 is 14.8 Å². The minimum atomic E-state index is -0.991. The Balaban J connectivity index is 2.00. The summed E-state index contributed by atoms with van der Waals surface area (Å²) in [5.41, 5.74) is 1.83. The number of carbonyl (C=O) groups excluding carboxylic acids is 1. The van der Waals surface area contributed by atoms with Crippen molar-refractivity contribution in [2.24, 2.45) is 7.05 Å². The molecule has 0 aliphatic carbocycles. The number of fused-ring (bicyclic) bond motifs is 1. The highest BCUT2D eigenvalue weighted by atomic mass is 16.5. The molecule has 2 aromatic carbocycles. The second-order valence-corrected chi connectivity index (χ2v) is 6.36. The van der Waals surface area contributed by atoms with Crippen LogP contribution in [0.4, 0.5) is 0 Å². The Labute approximate surface area is 162 Å². The predicted octanol–water partition coefficient (Wildman–Crippen LogP) is 3.14. The molecule has 0 spiro atoms. The number of aliphatic carboxylic acids is 1. The summed E-state index contributed by atoms with van der Waals surface area (Å²) in [6.07, 6.45) is -0.216. The molecule has 1 atom stereocenters. The van der Waals surface area contributed by atoms with Crippen molar-refractivity contribution in [3.05, 3.63) is 59.8 Å². The lowest BCUT2D eigenvalue weighted by Crippen LogP contribution is -2.31. The number of amides is 1. The molecular weight excluding hydrogens is 360 g/mol. The van der Waals surface area contributed by atoms with E-state index in [-0.39, 0.29) is 12.3 Å². The molecule has 1 amide bonds. The van der Waals surface area contributed by atoms with Gasteiger partial charge in [0.15, 0.2) is 0 Å². The summed E-state index contributed by atoms with van der Waals surface area (Å²) in [4.78, 5) is 24.3. The van der Waals surface area contributed by atoms with Gasteiger partial charge in [-0.1, -0.05) is 30.3 Å². The second kappa shape index (κ2) is 8.04. The molecule has 3 rings (SSSR count). The molecule has 7 heteroatoms. The molecule has 28 heavy (non-hydrogen) atoms. The van der Waals surface area contributed by atoms with Gasteiger partial charge in [-0.3, -0.25) is 9.59 Å². The van der Waals surface area contributed by atoms with Crippen molar-refractivity contribution in [1.82, 2.24) is 9.88 Å². The van der Waals surface area contributed by atoms with Crippen LogP contribution in [0.1, 0.15) is 28.5 Å². The maximum Gasteiger partial charge on any atom is 0.305 e. The third-order valence-corrected chi connectivity index (χ3v) is 4.68. The van der Waals surface area contributed by atoms with E-state index in [2.05, 4.69) is 5.32 Å². The molecule has 1 aromatic heterocycles. The molecule has 0 radical (unpaired) electrons. The largest absolute Gasteiger partial charge is 0.496 e. The first kappa shape index (κ1) is 19.3. The van der Waals surface area contributed by atoms with E-state index in [4.69, 9.17) is 9.47 Å². The van der Waals surface area contributed by atoms with Crippen molar-refractivity contribution in [3.63, 3.8) is 0 Å². The molecular formula is C21H22N2O5. The Hall–Kier alpha value is -3.48. The summed E-state index contributed by atoms with van der Waals surface area (Å²) in [7, 11) is 4.88.